The molecule has 2 rings (SSSR count). The smallest absolute Gasteiger partial charge is 0.168 e. The first-order chi connectivity index (χ1) is 7.24. The number of nitrogens with zero attached hydrogens (tertiary/aromatic N) is 2. The van der Waals surface area contributed by atoms with E-state index in [1.54, 1.807) is 10.9 Å². The van der Waals surface area contributed by atoms with Crippen molar-refractivity contribution in [3.63, 3.8) is 0 Å². The van der Waals surface area contributed by atoms with Crippen LogP contribution in [0.15, 0.2) is 30.6 Å². The Morgan fingerprint density at radius 2 is 2.07 bits per heavy atom. The third-order valence-corrected chi connectivity index (χ3v) is 2.49. The van der Waals surface area contributed by atoms with Gasteiger partial charge < -0.3 is 4.57 Å². The highest BCUT2D eigenvalue weighted by atomic mass is 16.1. The van der Waals surface area contributed by atoms with Crippen molar-refractivity contribution in [1.29, 1.82) is 0 Å². The van der Waals surface area contributed by atoms with Crippen molar-refractivity contribution in [2.75, 3.05) is 0 Å². The minimum absolute atomic E-state index is 0.615. The largest absolute Gasteiger partial charge is 0.331 e. The number of carbonyl (C=O) groups excluding carboxylic acids is 1. The first kappa shape index (κ1) is 9.65. The van der Waals surface area contributed by atoms with E-state index in [-0.39, 0.29) is 0 Å². The van der Waals surface area contributed by atoms with Gasteiger partial charge in [0.25, 0.3) is 0 Å². The fourth-order valence-corrected chi connectivity index (χ4v) is 1.62. The fourth-order valence-electron chi connectivity index (χ4n) is 1.62. The summed E-state index contributed by atoms with van der Waals surface area (Å²) in [5, 5.41) is 0. The van der Waals surface area contributed by atoms with Crippen LogP contribution < -0.4 is 0 Å². The van der Waals surface area contributed by atoms with E-state index in [4.69, 9.17) is 0 Å². The molecule has 0 saturated heterocycles. The van der Waals surface area contributed by atoms with E-state index in [2.05, 4.69) is 4.98 Å². The van der Waals surface area contributed by atoms with Crippen LogP contribution in [0.25, 0.3) is 11.3 Å². The maximum Gasteiger partial charge on any atom is 0.168 e. The average Bonchev–Trinajstić information content (AvgIpc) is 2.60. The lowest BCUT2D eigenvalue weighted by molar-refractivity contribution is 0.111. The predicted octanol–water partition coefficient (Wildman–Crippen LogP) is 2.21. The van der Waals surface area contributed by atoms with Gasteiger partial charge in [0.1, 0.15) is 5.69 Å². The van der Waals surface area contributed by atoms with Crippen LogP contribution >= 0.6 is 0 Å². The summed E-state index contributed by atoms with van der Waals surface area (Å²) in [6.45, 7) is 2.01. The van der Waals surface area contributed by atoms with Crippen LogP contribution in [0.1, 0.15) is 16.1 Å². The zero-order chi connectivity index (χ0) is 10.8. The molecular weight excluding hydrogens is 188 g/mol. The molecule has 0 aliphatic carbocycles. The second kappa shape index (κ2) is 3.69. The summed E-state index contributed by atoms with van der Waals surface area (Å²) in [5.41, 5.74) is 3.51. The van der Waals surface area contributed by atoms with Gasteiger partial charge in [-0.05, 0) is 12.5 Å². The lowest BCUT2D eigenvalue weighted by Gasteiger charge is -2.03. The monoisotopic (exact) mass is 200 g/mol. The summed E-state index contributed by atoms with van der Waals surface area (Å²) in [5.74, 6) is 0. The Hall–Kier alpha value is -1.90. The van der Waals surface area contributed by atoms with E-state index in [0.29, 0.717) is 5.69 Å². The van der Waals surface area contributed by atoms with Crippen molar-refractivity contribution >= 4 is 6.29 Å². The molecule has 0 unspecified atom stereocenters. The van der Waals surface area contributed by atoms with Gasteiger partial charge >= 0.3 is 0 Å². The molecule has 0 spiro atoms. The highest BCUT2D eigenvalue weighted by molar-refractivity contribution is 5.84. The van der Waals surface area contributed by atoms with Crippen molar-refractivity contribution in [2.24, 2.45) is 7.05 Å². The van der Waals surface area contributed by atoms with Gasteiger partial charge in [-0.2, -0.15) is 0 Å². The van der Waals surface area contributed by atoms with Gasteiger partial charge in [-0.15, -0.1) is 0 Å². The van der Waals surface area contributed by atoms with E-state index < -0.39 is 0 Å². The molecule has 1 aromatic carbocycles. The number of hydrogen-bond donors (Lipinski definition) is 0. The molecule has 0 bridgehead atoms. The Labute approximate surface area is 88.4 Å². The minimum Gasteiger partial charge on any atom is -0.331 e. The summed E-state index contributed by atoms with van der Waals surface area (Å²) < 4.78 is 1.73. The zero-order valence-electron chi connectivity index (χ0n) is 8.77. The van der Waals surface area contributed by atoms with Crippen LogP contribution in [0.2, 0.25) is 0 Å². The van der Waals surface area contributed by atoms with Crippen molar-refractivity contribution in [1.82, 2.24) is 9.55 Å². The molecule has 3 nitrogen and oxygen atoms in total. The summed E-state index contributed by atoms with van der Waals surface area (Å²) >= 11 is 0. The molecule has 1 aromatic heterocycles. The van der Waals surface area contributed by atoms with Gasteiger partial charge in [0.15, 0.2) is 6.29 Å². The van der Waals surface area contributed by atoms with Gasteiger partial charge in [0, 0.05) is 12.6 Å². The Kier molecular flexibility index (Phi) is 2.37. The summed E-state index contributed by atoms with van der Waals surface area (Å²) in [4.78, 5) is 15.2. The first-order valence-electron chi connectivity index (χ1n) is 4.76. The molecule has 0 atom stereocenters. The van der Waals surface area contributed by atoms with Crippen molar-refractivity contribution in [3.05, 3.63) is 41.9 Å². The molecule has 2 aromatic rings. The molecule has 0 radical (unpaired) electrons. The highest BCUT2D eigenvalue weighted by Crippen LogP contribution is 2.23. The number of rotatable bonds is 2. The van der Waals surface area contributed by atoms with Gasteiger partial charge in [0.2, 0.25) is 0 Å². The lowest BCUT2D eigenvalue weighted by Crippen LogP contribution is -1.95. The third kappa shape index (κ3) is 1.56. The van der Waals surface area contributed by atoms with E-state index in [1.807, 2.05) is 38.2 Å². The maximum atomic E-state index is 10.9. The van der Waals surface area contributed by atoms with E-state index in [1.165, 1.54) is 0 Å². The number of hydrogen-bond acceptors (Lipinski definition) is 2. The van der Waals surface area contributed by atoms with E-state index in [9.17, 15) is 4.79 Å². The van der Waals surface area contributed by atoms with Gasteiger partial charge in [-0.3, -0.25) is 4.79 Å². The van der Waals surface area contributed by atoms with Crippen LogP contribution in [0.4, 0.5) is 0 Å². The highest BCUT2D eigenvalue weighted by Gasteiger charge is 2.11. The van der Waals surface area contributed by atoms with Gasteiger partial charge in [0.05, 0.1) is 12.0 Å². The molecule has 0 N–H and O–H groups in total. The molecular formula is C12H12N2O. The standard InChI is InChI=1S/C12H12N2O/c1-9-5-3-4-6-10(9)12-11(7-15)14(2)8-13-12/h3-8H,1-2H3. The maximum absolute atomic E-state index is 10.9. The molecule has 0 aliphatic heterocycles. The van der Waals surface area contributed by atoms with Crippen LogP contribution in [0.5, 0.6) is 0 Å². The number of carbonyl (C=O) groups is 1. The SMILES string of the molecule is Cc1ccccc1-c1ncn(C)c1C=O. The van der Waals surface area contributed by atoms with Crippen LogP contribution in [0.3, 0.4) is 0 Å². The van der Waals surface area contributed by atoms with Gasteiger partial charge in [-0.25, -0.2) is 4.98 Å². The quantitative estimate of drug-likeness (QED) is 0.696. The van der Waals surface area contributed by atoms with Gasteiger partial charge in [-0.1, -0.05) is 24.3 Å². The number of aldehydes is 1. The Morgan fingerprint density at radius 1 is 1.33 bits per heavy atom. The number of aromatic nitrogens is 2. The summed E-state index contributed by atoms with van der Waals surface area (Å²) in [6, 6.07) is 7.91. The van der Waals surface area contributed by atoms with Crippen LogP contribution in [-0.4, -0.2) is 15.8 Å². The van der Waals surface area contributed by atoms with Crippen molar-refractivity contribution < 1.29 is 4.79 Å². The van der Waals surface area contributed by atoms with E-state index >= 15 is 0 Å². The normalized spacial score (nSPS) is 10.3. The Bertz CT molecular complexity index is 500. The summed E-state index contributed by atoms with van der Waals surface area (Å²) in [6.07, 6.45) is 2.50. The Morgan fingerprint density at radius 3 is 2.73 bits per heavy atom. The molecule has 1 heterocycles. The van der Waals surface area contributed by atoms with Crippen molar-refractivity contribution in [3.8, 4) is 11.3 Å². The Balaban J connectivity index is 2.64. The zero-order valence-corrected chi connectivity index (χ0v) is 8.77. The topological polar surface area (TPSA) is 34.9 Å². The lowest BCUT2D eigenvalue weighted by atomic mass is 10.0. The average molecular weight is 200 g/mol. The molecule has 3 heteroatoms. The third-order valence-electron chi connectivity index (χ3n) is 2.49. The molecule has 0 aliphatic rings. The molecule has 76 valence electrons. The minimum atomic E-state index is 0.615. The van der Waals surface area contributed by atoms with E-state index in [0.717, 1.165) is 23.1 Å². The van der Waals surface area contributed by atoms with Crippen LogP contribution in [-0.2, 0) is 7.05 Å². The number of imidazole rings is 1. The van der Waals surface area contributed by atoms with Crippen molar-refractivity contribution in [2.45, 2.75) is 6.92 Å². The number of benzene rings is 1. The second-order valence-corrected chi connectivity index (χ2v) is 3.52. The fraction of sp³-hybridized carbons (Fsp3) is 0.167. The van der Waals surface area contributed by atoms with Crippen LogP contribution in [0, 0.1) is 6.92 Å². The molecule has 15 heavy (non-hydrogen) atoms. The molecule has 0 amide bonds. The molecule has 0 saturated carbocycles. The second-order valence-electron chi connectivity index (χ2n) is 3.52. The summed E-state index contributed by atoms with van der Waals surface area (Å²) in [7, 11) is 1.82. The number of aryl methyl sites for hydroxylation is 2. The molecule has 0 fully saturated rings. The first-order valence-corrected chi connectivity index (χ1v) is 4.76. The predicted molar refractivity (Wildman–Crippen MR) is 58.8 cm³/mol.